The average molecular weight is 160 g/mol. The highest BCUT2D eigenvalue weighted by Gasteiger charge is 2.09. The summed E-state index contributed by atoms with van der Waals surface area (Å²) in [7, 11) is 0. The van der Waals surface area contributed by atoms with Crippen molar-refractivity contribution < 1.29 is 4.79 Å². The van der Waals surface area contributed by atoms with Crippen molar-refractivity contribution in [2.75, 3.05) is 0 Å². The first-order valence-electron chi connectivity index (χ1n) is 3.97. The molecule has 0 saturated heterocycles. The van der Waals surface area contributed by atoms with Crippen LogP contribution in [0, 0.1) is 5.92 Å². The monoisotopic (exact) mass is 160 g/mol. The molecule has 12 heavy (non-hydrogen) atoms. The predicted molar refractivity (Wildman–Crippen MR) is 50.1 cm³/mol. The lowest BCUT2D eigenvalue weighted by Gasteiger charge is -2.03. The quantitative estimate of drug-likeness (QED) is 0.490. The van der Waals surface area contributed by atoms with Gasteiger partial charge in [-0.3, -0.25) is 4.79 Å². The molecule has 1 atom stereocenters. The molecule has 0 aliphatic carbocycles. The van der Waals surface area contributed by atoms with Gasteiger partial charge in [-0.1, -0.05) is 43.3 Å². The fourth-order valence-corrected chi connectivity index (χ4v) is 0.972. The molecule has 0 N–H and O–H groups in total. The second-order valence-electron chi connectivity index (χ2n) is 2.75. The average Bonchev–Trinajstić information content (AvgIpc) is 2.17. The Morgan fingerprint density at radius 2 is 2.00 bits per heavy atom. The maximum absolute atomic E-state index is 11.5. The van der Waals surface area contributed by atoms with Crippen LogP contribution >= 0.6 is 0 Å². The van der Waals surface area contributed by atoms with E-state index in [1.54, 1.807) is 6.08 Å². The standard InChI is InChI=1S/C11H12O/c1-3-9(2)11(12)10-7-5-4-6-8-10/h3-9H,1H2,2H3/t9-/m1/s1. The summed E-state index contributed by atoms with van der Waals surface area (Å²) in [6.45, 7) is 5.44. The normalized spacial score (nSPS) is 12.1. The SMILES string of the molecule is C=C[C@@H](C)C(=O)c1ccccc1. The van der Waals surface area contributed by atoms with Crippen molar-refractivity contribution in [1.82, 2.24) is 0 Å². The Labute approximate surface area is 72.7 Å². The van der Waals surface area contributed by atoms with Crippen molar-refractivity contribution >= 4 is 5.78 Å². The number of ketones is 1. The molecule has 1 aromatic rings. The summed E-state index contributed by atoms with van der Waals surface area (Å²) in [5.41, 5.74) is 0.755. The summed E-state index contributed by atoms with van der Waals surface area (Å²) in [6, 6.07) is 9.27. The molecule has 0 radical (unpaired) electrons. The third kappa shape index (κ3) is 1.82. The molecule has 0 fully saturated rings. The van der Waals surface area contributed by atoms with Gasteiger partial charge in [0.1, 0.15) is 0 Å². The Kier molecular flexibility index (Phi) is 2.81. The van der Waals surface area contributed by atoms with Gasteiger partial charge in [-0.2, -0.15) is 0 Å². The second kappa shape index (κ2) is 3.86. The van der Waals surface area contributed by atoms with Crippen molar-refractivity contribution in [3.8, 4) is 0 Å². The van der Waals surface area contributed by atoms with Gasteiger partial charge in [-0.05, 0) is 0 Å². The van der Waals surface area contributed by atoms with E-state index in [-0.39, 0.29) is 11.7 Å². The van der Waals surface area contributed by atoms with Gasteiger partial charge in [0.05, 0.1) is 0 Å². The Morgan fingerprint density at radius 1 is 1.42 bits per heavy atom. The Bertz CT molecular complexity index is 274. The highest BCUT2D eigenvalue weighted by atomic mass is 16.1. The van der Waals surface area contributed by atoms with Crippen LogP contribution in [-0.4, -0.2) is 5.78 Å². The molecule has 0 bridgehead atoms. The molecule has 0 heterocycles. The van der Waals surface area contributed by atoms with Crippen molar-refractivity contribution in [2.24, 2.45) is 5.92 Å². The number of carbonyl (C=O) groups excluding carboxylic acids is 1. The van der Waals surface area contributed by atoms with Crippen molar-refractivity contribution in [3.63, 3.8) is 0 Å². The number of allylic oxidation sites excluding steroid dienone is 1. The zero-order valence-electron chi connectivity index (χ0n) is 7.16. The van der Waals surface area contributed by atoms with E-state index >= 15 is 0 Å². The highest BCUT2D eigenvalue weighted by Crippen LogP contribution is 2.08. The van der Waals surface area contributed by atoms with E-state index in [0.717, 1.165) is 5.56 Å². The fourth-order valence-electron chi connectivity index (χ4n) is 0.972. The molecule has 1 rings (SSSR count). The molecule has 0 unspecified atom stereocenters. The molecule has 0 aliphatic heterocycles. The third-order valence-electron chi connectivity index (χ3n) is 1.83. The first-order valence-corrected chi connectivity index (χ1v) is 3.97. The number of benzene rings is 1. The first kappa shape index (κ1) is 8.72. The van der Waals surface area contributed by atoms with Gasteiger partial charge in [0.25, 0.3) is 0 Å². The first-order chi connectivity index (χ1) is 5.75. The maximum atomic E-state index is 11.5. The number of Topliss-reactive ketones (excluding diaryl/α,β-unsaturated/α-hetero) is 1. The van der Waals surface area contributed by atoms with E-state index in [0.29, 0.717) is 0 Å². The second-order valence-corrected chi connectivity index (χ2v) is 2.75. The van der Waals surface area contributed by atoms with E-state index in [1.165, 1.54) is 0 Å². The molecule has 1 heteroatoms. The van der Waals surface area contributed by atoms with Gasteiger partial charge >= 0.3 is 0 Å². The van der Waals surface area contributed by atoms with E-state index in [4.69, 9.17) is 0 Å². The molecule has 0 saturated carbocycles. The number of carbonyl (C=O) groups is 1. The number of hydrogen-bond acceptors (Lipinski definition) is 1. The molecule has 0 amide bonds. The van der Waals surface area contributed by atoms with Crippen LogP contribution < -0.4 is 0 Å². The molecule has 62 valence electrons. The van der Waals surface area contributed by atoms with Crippen LogP contribution in [0.15, 0.2) is 43.0 Å². The third-order valence-corrected chi connectivity index (χ3v) is 1.83. The van der Waals surface area contributed by atoms with E-state index in [2.05, 4.69) is 6.58 Å². The maximum Gasteiger partial charge on any atom is 0.169 e. The molecule has 0 aromatic heterocycles. The van der Waals surface area contributed by atoms with Gasteiger partial charge < -0.3 is 0 Å². The van der Waals surface area contributed by atoms with E-state index in [1.807, 2.05) is 37.3 Å². The van der Waals surface area contributed by atoms with Gasteiger partial charge in [0.2, 0.25) is 0 Å². The van der Waals surface area contributed by atoms with Crippen LogP contribution in [0.3, 0.4) is 0 Å². The number of hydrogen-bond donors (Lipinski definition) is 0. The van der Waals surface area contributed by atoms with E-state index in [9.17, 15) is 4.79 Å². The van der Waals surface area contributed by atoms with Crippen LogP contribution in [-0.2, 0) is 0 Å². The van der Waals surface area contributed by atoms with Crippen LogP contribution in [0.25, 0.3) is 0 Å². The lowest BCUT2D eigenvalue weighted by molar-refractivity contribution is 0.0953. The van der Waals surface area contributed by atoms with Crippen molar-refractivity contribution in [2.45, 2.75) is 6.92 Å². The zero-order chi connectivity index (χ0) is 8.97. The molecule has 1 aromatic carbocycles. The minimum Gasteiger partial charge on any atom is -0.294 e. The Balaban J connectivity index is 2.85. The van der Waals surface area contributed by atoms with Gasteiger partial charge in [0, 0.05) is 11.5 Å². The van der Waals surface area contributed by atoms with E-state index < -0.39 is 0 Å². The molecular weight excluding hydrogens is 148 g/mol. The van der Waals surface area contributed by atoms with Crippen LogP contribution in [0.4, 0.5) is 0 Å². The Hall–Kier alpha value is -1.37. The minimum absolute atomic E-state index is 0.0904. The lowest BCUT2D eigenvalue weighted by atomic mass is 10.00. The highest BCUT2D eigenvalue weighted by molar-refractivity contribution is 5.98. The summed E-state index contributed by atoms with van der Waals surface area (Å²) in [6.07, 6.45) is 1.66. The lowest BCUT2D eigenvalue weighted by Crippen LogP contribution is -2.07. The zero-order valence-corrected chi connectivity index (χ0v) is 7.16. The molecule has 1 nitrogen and oxygen atoms in total. The largest absolute Gasteiger partial charge is 0.294 e. The Morgan fingerprint density at radius 3 is 2.50 bits per heavy atom. The van der Waals surface area contributed by atoms with Crippen LogP contribution in [0.2, 0.25) is 0 Å². The molecule has 0 aliphatic rings. The summed E-state index contributed by atoms with van der Waals surface area (Å²) < 4.78 is 0. The summed E-state index contributed by atoms with van der Waals surface area (Å²) >= 11 is 0. The predicted octanol–water partition coefficient (Wildman–Crippen LogP) is 2.69. The van der Waals surface area contributed by atoms with Gasteiger partial charge in [0.15, 0.2) is 5.78 Å². The minimum atomic E-state index is -0.0904. The van der Waals surface area contributed by atoms with Gasteiger partial charge in [-0.15, -0.1) is 6.58 Å². The smallest absolute Gasteiger partial charge is 0.169 e. The summed E-state index contributed by atoms with van der Waals surface area (Å²) in [5.74, 6) is 0.0398. The summed E-state index contributed by atoms with van der Waals surface area (Å²) in [4.78, 5) is 11.5. The van der Waals surface area contributed by atoms with Crippen LogP contribution in [0.1, 0.15) is 17.3 Å². The fraction of sp³-hybridized carbons (Fsp3) is 0.182. The van der Waals surface area contributed by atoms with Crippen molar-refractivity contribution in [1.29, 1.82) is 0 Å². The van der Waals surface area contributed by atoms with Crippen molar-refractivity contribution in [3.05, 3.63) is 48.6 Å². The topological polar surface area (TPSA) is 17.1 Å². The van der Waals surface area contributed by atoms with Crippen LogP contribution in [0.5, 0.6) is 0 Å². The molecular formula is C11H12O. The summed E-state index contributed by atoms with van der Waals surface area (Å²) in [5, 5.41) is 0. The number of rotatable bonds is 3. The molecule has 0 spiro atoms. The van der Waals surface area contributed by atoms with Gasteiger partial charge in [-0.25, -0.2) is 0 Å².